The molecule has 7 atom stereocenters. The van der Waals surface area contributed by atoms with Crippen molar-refractivity contribution in [2.24, 2.45) is 45.8 Å². The van der Waals surface area contributed by atoms with Crippen LogP contribution in [0, 0.1) is 45.8 Å². The molecule has 0 heterocycles. The summed E-state index contributed by atoms with van der Waals surface area (Å²) in [6.07, 6.45) is 14.9. The Morgan fingerprint density at radius 3 is 2.30 bits per heavy atom. The van der Waals surface area contributed by atoms with Crippen LogP contribution in [0.4, 0.5) is 0 Å². The highest BCUT2D eigenvalue weighted by molar-refractivity contribution is 5.14. The fourth-order valence-corrected chi connectivity index (χ4v) is 8.72. The largest absolute Gasteiger partial charge is 0.377 e. The lowest BCUT2D eigenvalue weighted by Gasteiger charge is -2.67. The first kappa shape index (κ1) is 20.2. The second kappa shape index (κ2) is 7.03. The van der Waals surface area contributed by atoms with Crippen molar-refractivity contribution in [2.75, 3.05) is 6.61 Å². The number of ether oxygens (including phenoxy) is 1. The van der Waals surface area contributed by atoms with Crippen molar-refractivity contribution in [3.63, 3.8) is 0 Å². The predicted octanol–water partition coefficient (Wildman–Crippen LogP) is 7.49. The van der Waals surface area contributed by atoms with Crippen molar-refractivity contribution in [1.82, 2.24) is 0 Å². The van der Waals surface area contributed by atoms with Crippen LogP contribution in [0.3, 0.4) is 0 Å². The van der Waals surface area contributed by atoms with E-state index in [1.54, 1.807) is 0 Å². The minimum Gasteiger partial charge on any atom is -0.377 e. The van der Waals surface area contributed by atoms with Crippen LogP contribution in [-0.4, -0.2) is 12.7 Å². The van der Waals surface area contributed by atoms with Crippen LogP contribution in [0.2, 0.25) is 0 Å². The van der Waals surface area contributed by atoms with E-state index in [9.17, 15) is 0 Å². The second-order valence-corrected chi connectivity index (χ2v) is 12.5. The minimum absolute atomic E-state index is 0.333. The van der Waals surface area contributed by atoms with Gasteiger partial charge >= 0.3 is 0 Å². The van der Waals surface area contributed by atoms with Gasteiger partial charge in [-0.25, -0.2) is 0 Å². The molecule has 4 fully saturated rings. The lowest BCUT2D eigenvalue weighted by molar-refractivity contribution is -0.234. The van der Waals surface area contributed by atoms with E-state index in [0.29, 0.717) is 22.3 Å². The number of fused-ring (bicyclic) bond motifs is 5. The van der Waals surface area contributed by atoms with Crippen LogP contribution in [0.15, 0.2) is 0 Å². The summed E-state index contributed by atoms with van der Waals surface area (Å²) in [6, 6.07) is 0. The van der Waals surface area contributed by atoms with Crippen molar-refractivity contribution in [3.8, 4) is 0 Å². The lowest BCUT2D eigenvalue weighted by atomic mass is 9.39. The maximum Gasteiger partial charge on any atom is 0.0662 e. The highest BCUT2D eigenvalue weighted by Crippen LogP contribution is 2.70. The van der Waals surface area contributed by atoms with E-state index in [-0.39, 0.29) is 0 Å². The van der Waals surface area contributed by atoms with Crippen molar-refractivity contribution < 1.29 is 4.74 Å². The second-order valence-electron chi connectivity index (χ2n) is 12.5. The topological polar surface area (TPSA) is 9.23 Å². The third-order valence-electron chi connectivity index (χ3n) is 10.2. The molecule has 0 aliphatic heterocycles. The summed E-state index contributed by atoms with van der Waals surface area (Å²) in [4.78, 5) is 0. The van der Waals surface area contributed by atoms with Gasteiger partial charge in [-0.3, -0.25) is 0 Å². The van der Waals surface area contributed by atoms with Crippen LogP contribution in [0.1, 0.15) is 106 Å². The van der Waals surface area contributed by atoms with Crippen LogP contribution in [0.25, 0.3) is 0 Å². The van der Waals surface area contributed by atoms with E-state index in [0.717, 1.165) is 36.2 Å². The molecule has 2 unspecified atom stereocenters. The molecule has 0 saturated heterocycles. The molecule has 27 heavy (non-hydrogen) atoms. The molecule has 4 aliphatic carbocycles. The van der Waals surface area contributed by atoms with E-state index in [2.05, 4.69) is 41.5 Å². The maximum atomic E-state index is 6.87. The zero-order chi connectivity index (χ0) is 19.4. The molecule has 1 heteroatoms. The van der Waals surface area contributed by atoms with E-state index in [1.807, 2.05) is 0 Å². The van der Waals surface area contributed by atoms with Gasteiger partial charge in [-0.2, -0.15) is 0 Å². The first-order chi connectivity index (χ1) is 12.7. The molecule has 1 nitrogen and oxygen atoms in total. The van der Waals surface area contributed by atoms with Gasteiger partial charge in [0.05, 0.1) is 6.10 Å². The monoisotopic (exact) mass is 374 g/mol. The van der Waals surface area contributed by atoms with Gasteiger partial charge in [0.1, 0.15) is 0 Å². The molecule has 0 bridgehead atoms. The number of hydrogen-bond donors (Lipinski definition) is 0. The average molecular weight is 375 g/mol. The van der Waals surface area contributed by atoms with Gasteiger partial charge < -0.3 is 4.74 Å². The lowest BCUT2D eigenvalue weighted by Crippen LogP contribution is -2.64. The first-order valence-electron chi connectivity index (χ1n) is 12.3. The molecule has 0 spiro atoms. The Balaban J connectivity index is 1.69. The molecule has 0 N–H and O–H groups in total. The first-order valence-corrected chi connectivity index (χ1v) is 12.3. The molecule has 4 rings (SSSR count). The third kappa shape index (κ3) is 3.13. The van der Waals surface area contributed by atoms with Crippen LogP contribution < -0.4 is 0 Å². The molecular formula is C26H46O. The Hall–Kier alpha value is -0.0400. The molecule has 0 radical (unpaired) electrons. The maximum absolute atomic E-state index is 6.87. The van der Waals surface area contributed by atoms with E-state index < -0.39 is 0 Å². The van der Waals surface area contributed by atoms with Gasteiger partial charge in [-0.05, 0) is 90.8 Å². The quantitative estimate of drug-likeness (QED) is 0.495. The van der Waals surface area contributed by atoms with E-state index >= 15 is 0 Å². The number of hydrogen-bond acceptors (Lipinski definition) is 1. The average Bonchev–Trinajstić information content (AvgIpc) is 2.99. The molecule has 4 saturated carbocycles. The summed E-state index contributed by atoms with van der Waals surface area (Å²) in [7, 11) is 0. The third-order valence-corrected chi connectivity index (χ3v) is 10.2. The zero-order valence-corrected chi connectivity index (χ0v) is 19.2. The fourth-order valence-electron chi connectivity index (χ4n) is 8.72. The molecule has 156 valence electrons. The Kier molecular flexibility index (Phi) is 5.27. The predicted molar refractivity (Wildman–Crippen MR) is 115 cm³/mol. The van der Waals surface area contributed by atoms with Crippen LogP contribution >= 0.6 is 0 Å². The van der Waals surface area contributed by atoms with Crippen molar-refractivity contribution in [2.45, 2.75) is 112 Å². The molecule has 0 aromatic heterocycles. The van der Waals surface area contributed by atoms with Crippen molar-refractivity contribution in [3.05, 3.63) is 0 Å². The fraction of sp³-hybridized carbons (Fsp3) is 1.00. The smallest absolute Gasteiger partial charge is 0.0662 e. The van der Waals surface area contributed by atoms with Crippen molar-refractivity contribution in [1.29, 1.82) is 0 Å². The van der Waals surface area contributed by atoms with Crippen molar-refractivity contribution >= 4 is 0 Å². The molecule has 4 aliphatic rings. The summed E-state index contributed by atoms with van der Waals surface area (Å²) in [5.74, 6) is 4.30. The Morgan fingerprint density at radius 1 is 0.815 bits per heavy atom. The molecule has 0 aromatic rings. The SMILES string of the molecule is CC(C)CCOC1C2CCCC[C@]2(C)[C@@H]2CC[C@]3(C)CCC[C@H]3[C@@H]2C1(C)C. The van der Waals surface area contributed by atoms with Gasteiger partial charge in [-0.1, -0.05) is 60.8 Å². The Labute approximate surface area is 169 Å². The minimum atomic E-state index is 0.333. The highest BCUT2D eigenvalue weighted by atomic mass is 16.5. The van der Waals surface area contributed by atoms with Gasteiger partial charge in [-0.15, -0.1) is 0 Å². The van der Waals surface area contributed by atoms with Crippen LogP contribution in [-0.2, 0) is 4.74 Å². The summed E-state index contributed by atoms with van der Waals surface area (Å²) >= 11 is 0. The summed E-state index contributed by atoms with van der Waals surface area (Å²) < 4.78 is 6.87. The summed E-state index contributed by atoms with van der Waals surface area (Å²) in [5, 5.41) is 0. The highest BCUT2D eigenvalue weighted by Gasteiger charge is 2.65. The standard InChI is InChI=1S/C26H46O/c1-18(2)13-17-27-23-21-10-7-8-15-26(21,6)20-12-16-25(5)14-9-11-19(25)22(20)24(23,3)4/h18-23H,7-17H2,1-6H3/t19-,20+,21?,22-,23?,25-,26+/m0/s1. The van der Waals surface area contributed by atoms with Gasteiger partial charge in [0.15, 0.2) is 0 Å². The van der Waals surface area contributed by atoms with E-state index in [1.165, 1.54) is 64.2 Å². The molecule has 0 aromatic carbocycles. The van der Waals surface area contributed by atoms with Gasteiger partial charge in [0.25, 0.3) is 0 Å². The van der Waals surface area contributed by atoms with Gasteiger partial charge in [0.2, 0.25) is 0 Å². The number of rotatable bonds is 4. The van der Waals surface area contributed by atoms with Gasteiger partial charge in [0, 0.05) is 6.61 Å². The molecule has 0 amide bonds. The summed E-state index contributed by atoms with van der Waals surface area (Å²) in [5.41, 5.74) is 1.49. The molecular weight excluding hydrogens is 328 g/mol. The van der Waals surface area contributed by atoms with E-state index in [4.69, 9.17) is 4.74 Å². The Morgan fingerprint density at radius 2 is 1.56 bits per heavy atom. The summed E-state index contributed by atoms with van der Waals surface area (Å²) in [6.45, 7) is 16.2. The Bertz CT molecular complexity index is 536. The van der Waals surface area contributed by atoms with Crippen LogP contribution in [0.5, 0.6) is 0 Å². The normalized spacial score (nSPS) is 48.8. The zero-order valence-electron chi connectivity index (χ0n) is 19.2.